The molecule has 8 heteroatoms. The molecule has 0 aliphatic carbocycles. The second kappa shape index (κ2) is 10.0. The fourth-order valence-electron chi connectivity index (χ4n) is 4.51. The number of para-hydroxylation sites is 3. The normalized spacial score (nSPS) is 18.6. The average Bonchev–Trinajstić information content (AvgIpc) is 2.93. The molecule has 2 aliphatic rings. The van der Waals surface area contributed by atoms with Gasteiger partial charge in [0.1, 0.15) is 0 Å². The van der Waals surface area contributed by atoms with Crippen molar-refractivity contribution < 1.29 is 14.4 Å². The van der Waals surface area contributed by atoms with Gasteiger partial charge in [-0.25, -0.2) is 0 Å². The molecule has 0 bridgehead atoms. The Kier molecular flexibility index (Phi) is 6.93. The number of rotatable bonds is 5. The SMILES string of the molecule is C[C@H]1CC(=O)Nc2ccccc2N1C(=O)CN(C)CC(=O)N1CCN(c2ccccc2)CC1. The van der Waals surface area contributed by atoms with Crippen LogP contribution in [-0.4, -0.2) is 79.9 Å². The molecule has 2 heterocycles. The van der Waals surface area contributed by atoms with Crippen LogP contribution in [0.15, 0.2) is 54.6 Å². The van der Waals surface area contributed by atoms with Gasteiger partial charge >= 0.3 is 0 Å². The second-order valence-electron chi connectivity index (χ2n) is 8.76. The van der Waals surface area contributed by atoms with Crippen LogP contribution in [0.5, 0.6) is 0 Å². The Balaban J connectivity index is 1.33. The molecule has 2 aliphatic heterocycles. The van der Waals surface area contributed by atoms with Crippen LogP contribution in [-0.2, 0) is 14.4 Å². The third-order valence-electron chi connectivity index (χ3n) is 6.19. The molecular formula is C25H31N5O3. The zero-order valence-electron chi connectivity index (χ0n) is 19.2. The molecular weight excluding hydrogens is 418 g/mol. The first-order valence-electron chi connectivity index (χ1n) is 11.4. The highest BCUT2D eigenvalue weighted by Gasteiger charge is 2.30. The number of amides is 3. The van der Waals surface area contributed by atoms with Crippen molar-refractivity contribution in [3.8, 4) is 0 Å². The molecule has 174 valence electrons. The van der Waals surface area contributed by atoms with Gasteiger partial charge in [0.15, 0.2) is 0 Å². The van der Waals surface area contributed by atoms with Crippen molar-refractivity contribution in [2.75, 3.05) is 61.4 Å². The van der Waals surface area contributed by atoms with E-state index in [1.807, 2.05) is 48.2 Å². The number of nitrogens with one attached hydrogen (secondary N) is 1. The van der Waals surface area contributed by atoms with Gasteiger partial charge in [0.25, 0.3) is 0 Å². The van der Waals surface area contributed by atoms with Crippen molar-refractivity contribution in [1.82, 2.24) is 9.80 Å². The third-order valence-corrected chi connectivity index (χ3v) is 6.19. The maximum Gasteiger partial charge on any atom is 0.241 e. The highest BCUT2D eigenvalue weighted by atomic mass is 16.2. The predicted molar refractivity (Wildman–Crippen MR) is 129 cm³/mol. The lowest BCUT2D eigenvalue weighted by molar-refractivity contribution is -0.132. The number of benzene rings is 2. The summed E-state index contributed by atoms with van der Waals surface area (Å²) in [4.78, 5) is 45.8. The minimum atomic E-state index is -0.267. The Bertz CT molecular complexity index is 1000. The smallest absolute Gasteiger partial charge is 0.241 e. The third kappa shape index (κ3) is 5.34. The van der Waals surface area contributed by atoms with Crippen LogP contribution in [0.4, 0.5) is 17.1 Å². The minimum Gasteiger partial charge on any atom is -0.368 e. The van der Waals surface area contributed by atoms with Crippen LogP contribution < -0.4 is 15.1 Å². The van der Waals surface area contributed by atoms with Gasteiger partial charge in [0, 0.05) is 44.3 Å². The van der Waals surface area contributed by atoms with E-state index in [0.29, 0.717) is 24.5 Å². The topological polar surface area (TPSA) is 76.2 Å². The molecule has 0 saturated carbocycles. The van der Waals surface area contributed by atoms with Gasteiger partial charge in [0.2, 0.25) is 17.7 Å². The van der Waals surface area contributed by atoms with Crippen LogP contribution in [0.2, 0.25) is 0 Å². The molecule has 0 aromatic heterocycles. The van der Waals surface area contributed by atoms with Crippen molar-refractivity contribution in [2.24, 2.45) is 0 Å². The Labute approximate surface area is 194 Å². The van der Waals surface area contributed by atoms with Gasteiger partial charge in [-0.15, -0.1) is 0 Å². The number of carbonyl (C=O) groups excluding carboxylic acids is 3. The summed E-state index contributed by atoms with van der Waals surface area (Å²) in [5.74, 6) is -0.210. The summed E-state index contributed by atoms with van der Waals surface area (Å²) in [6, 6.07) is 17.3. The average molecular weight is 450 g/mol. The highest BCUT2D eigenvalue weighted by molar-refractivity contribution is 6.05. The maximum atomic E-state index is 13.2. The minimum absolute atomic E-state index is 0.0270. The number of fused-ring (bicyclic) bond motifs is 1. The van der Waals surface area contributed by atoms with Crippen molar-refractivity contribution in [3.63, 3.8) is 0 Å². The van der Waals surface area contributed by atoms with Crippen LogP contribution in [0, 0.1) is 0 Å². The summed E-state index contributed by atoms with van der Waals surface area (Å²) < 4.78 is 0. The van der Waals surface area contributed by atoms with E-state index in [1.165, 1.54) is 5.69 Å². The van der Waals surface area contributed by atoms with E-state index in [1.54, 1.807) is 22.9 Å². The highest BCUT2D eigenvalue weighted by Crippen LogP contribution is 2.31. The fourth-order valence-corrected chi connectivity index (χ4v) is 4.51. The molecule has 0 spiro atoms. The van der Waals surface area contributed by atoms with Crippen molar-refractivity contribution >= 4 is 34.8 Å². The van der Waals surface area contributed by atoms with Crippen molar-refractivity contribution in [2.45, 2.75) is 19.4 Å². The monoisotopic (exact) mass is 449 g/mol. The van der Waals surface area contributed by atoms with E-state index in [2.05, 4.69) is 22.3 Å². The Morgan fingerprint density at radius 3 is 2.30 bits per heavy atom. The van der Waals surface area contributed by atoms with Gasteiger partial charge in [-0.1, -0.05) is 30.3 Å². The van der Waals surface area contributed by atoms with E-state index in [4.69, 9.17) is 0 Å². The summed E-state index contributed by atoms with van der Waals surface area (Å²) in [5.41, 5.74) is 2.50. The first-order valence-corrected chi connectivity index (χ1v) is 11.4. The van der Waals surface area contributed by atoms with Gasteiger partial charge in [-0.05, 0) is 38.2 Å². The molecule has 0 radical (unpaired) electrons. The molecule has 1 saturated heterocycles. The summed E-state index contributed by atoms with van der Waals surface area (Å²) in [5, 5.41) is 2.87. The molecule has 33 heavy (non-hydrogen) atoms. The zero-order chi connectivity index (χ0) is 23.4. The van der Waals surface area contributed by atoms with E-state index in [9.17, 15) is 14.4 Å². The van der Waals surface area contributed by atoms with E-state index in [-0.39, 0.29) is 43.3 Å². The molecule has 0 unspecified atom stereocenters. The Morgan fingerprint density at radius 1 is 0.939 bits per heavy atom. The number of carbonyl (C=O) groups is 3. The number of nitrogens with zero attached hydrogens (tertiary/aromatic N) is 4. The number of piperazine rings is 1. The van der Waals surface area contributed by atoms with Crippen molar-refractivity contribution in [3.05, 3.63) is 54.6 Å². The van der Waals surface area contributed by atoms with Gasteiger partial charge in [0.05, 0.1) is 24.5 Å². The summed E-state index contributed by atoms with van der Waals surface area (Å²) in [6.07, 6.45) is 0.231. The first kappa shape index (κ1) is 22.8. The second-order valence-corrected chi connectivity index (χ2v) is 8.76. The lowest BCUT2D eigenvalue weighted by Crippen LogP contribution is -2.52. The maximum absolute atomic E-state index is 13.2. The van der Waals surface area contributed by atoms with Crippen molar-refractivity contribution in [1.29, 1.82) is 0 Å². The number of hydrogen-bond acceptors (Lipinski definition) is 5. The van der Waals surface area contributed by atoms with Crippen LogP contribution in [0.25, 0.3) is 0 Å². The lowest BCUT2D eigenvalue weighted by Gasteiger charge is -2.37. The standard InChI is InChI=1S/C25H31N5O3/c1-19-16-23(31)26-21-10-6-7-11-22(21)30(19)25(33)18-27(2)17-24(32)29-14-12-28(13-15-29)20-8-4-3-5-9-20/h3-11,19H,12-18H2,1-2H3,(H,26,31)/t19-/m0/s1. The molecule has 3 amide bonds. The molecule has 8 nitrogen and oxygen atoms in total. The zero-order valence-corrected chi connectivity index (χ0v) is 19.2. The van der Waals surface area contributed by atoms with E-state index >= 15 is 0 Å². The summed E-state index contributed by atoms with van der Waals surface area (Å²) in [7, 11) is 1.79. The van der Waals surface area contributed by atoms with E-state index < -0.39 is 0 Å². The fraction of sp³-hybridized carbons (Fsp3) is 0.400. The van der Waals surface area contributed by atoms with Gasteiger partial charge in [-0.2, -0.15) is 0 Å². The first-order chi connectivity index (χ1) is 15.9. The van der Waals surface area contributed by atoms with Crippen LogP contribution in [0.1, 0.15) is 13.3 Å². The summed E-state index contributed by atoms with van der Waals surface area (Å²) in [6.45, 7) is 5.07. The van der Waals surface area contributed by atoms with Gasteiger partial charge < -0.3 is 20.0 Å². The van der Waals surface area contributed by atoms with Crippen LogP contribution >= 0.6 is 0 Å². The summed E-state index contributed by atoms with van der Waals surface area (Å²) >= 11 is 0. The Morgan fingerprint density at radius 2 is 1.58 bits per heavy atom. The molecule has 1 atom stereocenters. The largest absolute Gasteiger partial charge is 0.368 e. The van der Waals surface area contributed by atoms with Gasteiger partial charge in [-0.3, -0.25) is 19.3 Å². The predicted octanol–water partition coefficient (Wildman–Crippen LogP) is 2.03. The quantitative estimate of drug-likeness (QED) is 0.756. The Hall–Kier alpha value is -3.39. The number of hydrogen-bond donors (Lipinski definition) is 1. The molecule has 2 aromatic rings. The van der Waals surface area contributed by atoms with E-state index in [0.717, 1.165) is 13.1 Å². The molecule has 4 rings (SSSR count). The molecule has 1 N–H and O–H groups in total. The molecule has 2 aromatic carbocycles. The van der Waals surface area contributed by atoms with Crippen LogP contribution in [0.3, 0.4) is 0 Å². The number of anilines is 3. The molecule has 1 fully saturated rings. The number of likely N-dealkylation sites (N-methyl/N-ethyl adjacent to an activating group) is 1. The lowest BCUT2D eigenvalue weighted by atomic mass is 10.1.